The highest BCUT2D eigenvalue weighted by Gasteiger charge is 2.29. The highest BCUT2D eigenvalue weighted by atomic mass is 16.2. The lowest BCUT2D eigenvalue weighted by Gasteiger charge is -2.36. The molecule has 2 amide bonds. The van der Waals surface area contributed by atoms with E-state index in [2.05, 4.69) is 16.0 Å². The zero-order chi connectivity index (χ0) is 15.1. The molecule has 0 aliphatic heterocycles. The summed E-state index contributed by atoms with van der Waals surface area (Å²) in [4.78, 5) is 22.9. The van der Waals surface area contributed by atoms with Gasteiger partial charge in [-0.3, -0.25) is 9.59 Å². The molecule has 0 aliphatic carbocycles. The van der Waals surface area contributed by atoms with Gasteiger partial charge in [0.1, 0.15) is 0 Å². The van der Waals surface area contributed by atoms with Crippen molar-refractivity contribution in [2.45, 2.75) is 65.5 Å². The largest absolute Gasteiger partial charge is 0.355 e. The second-order valence-corrected chi connectivity index (χ2v) is 6.15. The van der Waals surface area contributed by atoms with Gasteiger partial charge in [0.25, 0.3) is 0 Å². The third-order valence-electron chi connectivity index (χ3n) is 2.78. The molecular formula is C14H29N3O2. The summed E-state index contributed by atoms with van der Waals surface area (Å²) in [5.41, 5.74) is -0.527. The fourth-order valence-corrected chi connectivity index (χ4v) is 2.26. The van der Waals surface area contributed by atoms with Gasteiger partial charge in [0.05, 0.1) is 6.54 Å². The molecule has 112 valence electrons. The maximum absolute atomic E-state index is 11.5. The smallest absolute Gasteiger partial charge is 0.233 e. The number of carbonyl (C=O) groups excluding carboxylic acids is 2. The van der Waals surface area contributed by atoms with Gasteiger partial charge in [-0.05, 0) is 41.0 Å². The third-order valence-corrected chi connectivity index (χ3v) is 2.78. The van der Waals surface area contributed by atoms with E-state index in [1.54, 1.807) is 0 Å². The molecule has 0 saturated carbocycles. The van der Waals surface area contributed by atoms with E-state index < -0.39 is 0 Å². The molecule has 0 atom stereocenters. The Labute approximate surface area is 116 Å². The van der Waals surface area contributed by atoms with Crippen molar-refractivity contribution in [3.8, 4) is 0 Å². The Morgan fingerprint density at radius 1 is 0.947 bits per heavy atom. The summed E-state index contributed by atoms with van der Waals surface area (Å²) in [7, 11) is 0. The molecule has 0 fully saturated rings. The van der Waals surface area contributed by atoms with Crippen LogP contribution in [0, 0.1) is 0 Å². The van der Waals surface area contributed by atoms with E-state index in [9.17, 15) is 9.59 Å². The van der Waals surface area contributed by atoms with Gasteiger partial charge in [0.2, 0.25) is 11.8 Å². The van der Waals surface area contributed by atoms with Crippen molar-refractivity contribution in [1.82, 2.24) is 16.0 Å². The molecule has 0 spiro atoms. The fourth-order valence-electron chi connectivity index (χ4n) is 2.26. The predicted molar refractivity (Wildman–Crippen MR) is 77.9 cm³/mol. The molecule has 0 aromatic rings. The van der Waals surface area contributed by atoms with Crippen LogP contribution in [0.3, 0.4) is 0 Å². The SMILES string of the molecule is CCNC(=O)CNC(C)(C)CC(C)(C)NC(=O)CC. The Hall–Kier alpha value is -1.10. The van der Waals surface area contributed by atoms with Gasteiger partial charge >= 0.3 is 0 Å². The zero-order valence-corrected chi connectivity index (χ0v) is 13.1. The summed E-state index contributed by atoms with van der Waals surface area (Å²) >= 11 is 0. The van der Waals surface area contributed by atoms with Gasteiger partial charge in [-0.25, -0.2) is 0 Å². The molecule has 0 rings (SSSR count). The zero-order valence-electron chi connectivity index (χ0n) is 13.1. The molecule has 0 aromatic carbocycles. The van der Waals surface area contributed by atoms with Crippen LogP contribution in [0.15, 0.2) is 0 Å². The van der Waals surface area contributed by atoms with Crippen LogP contribution in [0.2, 0.25) is 0 Å². The minimum Gasteiger partial charge on any atom is -0.355 e. The van der Waals surface area contributed by atoms with E-state index >= 15 is 0 Å². The van der Waals surface area contributed by atoms with E-state index in [0.29, 0.717) is 19.5 Å². The Kier molecular flexibility index (Phi) is 7.05. The first-order valence-electron chi connectivity index (χ1n) is 6.94. The average molecular weight is 271 g/mol. The lowest BCUT2D eigenvalue weighted by Crippen LogP contribution is -2.53. The molecule has 0 bridgehead atoms. The van der Waals surface area contributed by atoms with Gasteiger partial charge in [-0.15, -0.1) is 0 Å². The predicted octanol–water partition coefficient (Wildman–Crippen LogP) is 1.19. The van der Waals surface area contributed by atoms with Gasteiger partial charge in [0.15, 0.2) is 0 Å². The van der Waals surface area contributed by atoms with E-state index in [1.165, 1.54) is 0 Å². The minimum atomic E-state index is -0.301. The molecular weight excluding hydrogens is 242 g/mol. The van der Waals surface area contributed by atoms with Crippen molar-refractivity contribution < 1.29 is 9.59 Å². The molecule has 5 nitrogen and oxygen atoms in total. The summed E-state index contributed by atoms with van der Waals surface area (Å²) < 4.78 is 0. The van der Waals surface area contributed by atoms with Crippen LogP contribution in [0.1, 0.15) is 54.4 Å². The van der Waals surface area contributed by atoms with Crippen LogP contribution < -0.4 is 16.0 Å². The summed E-state index contributed by atoms with van der Waals surface area (Å²) in [5.74, 6) is 0.0375. The topological polar surface area (TPSA) is 70.2 Å². The second kappa shape index (κ2) is 7.48. The summed E-state index contributed by atoms with van der Waals surface area (Å²) in [6.07, 6.45) is 1.22. The van der Waals surface area contributed by atoms with E-state index in [0.717, 1.165) is 6.42 Å². The van der Waals surface area contributed by atoms with Crippen molar-refractivity contribution in [3.63, 3.8) is 0 Å². The van der Waals surface area contributed by atoms with Crippen LogP contribution in [0.25, 0.3) is 0 Å². The maximum atomic E-state index is 11.5. The number of amides is 2. The molecule has 0 saturated heterocycles. The number of likely N-dealkylation sites (N-methyl/N-ethyl adjacent to an activating group) is 1. The first-order chi connectivity index (χ1) is 8.62. The van der Waals surface area contributed by atoms with Crippen molar-refractivity contribution >= 4 is 11.8 Å². The van der Waals surface area contributed by atoms with Crippen molar-refractivity contribution in [2.75, 3.05) is 13.1 Å². The molecule has 0 unspecified atom stereocenters. The Bertz CT molecular complexity index is 312. The fraction of sp³-hybridized carbons (Fsp3) is 0.857. The molecule has 0 aliphatic rings. The molecule has 0 heterocycles. The minimum absolute atomic E-state index is 0.00836. The summed E-state index contributed by atoms with van der Waals surface area (Å²) in [6, 6.07) is 0. The number of hydrogen-bond acceptors (Lipinski definition) is 3. The Balaban J connectivity index is 4.33. The van der Waals surface area contributed by atoms with E-state index in [-0.39, 0.29) is 22.9 Å². The molecule has 19 heavy (non-hydrogen) atoms. The Morgan fingerprint density at radius 2 is 1.53 bits per heavy atom. The molecule has 5 heteroatoms. The summed E-state index contributed by atoms with van der Waals surface area (Å²) in [5, 5.41) is 8.97. The van der Waals surface area contributed by atoms with Gasteiger partial charge < -0.3 is 16.0 Å². The second-order valence-electron chi connectivity index (χ2n) is 6.15. The van der Waals surface area contributed by atoms with Crippen LogP contribution in [-0.4, -0.2) is 36.0 Å². The van der Waals surface area contributed by atoms with Crippen LogP contribution in [0.4, 0.5) is 0 Å². The highest BCUT2D eigenvalue weighted by molar-refractivity contribution is 5.78. The quantitative estimate of drug-likeness (QED) is 0.621. The number of rotatable bonds is 8. The lowest BCUT2D eigenvalue weighted by molar-refractivity contribution is -0.123. The van der Waals surface area contributed by atoms with E-state index in [4.69, 9.17) is 0 Å². The number of carbonyl (C=O) groups is 2. The summed E-state index contributed by atoms with van der Waals surface area (Å²) in [6.45, 7) is 12.7. The number of hydrogen-bond donors (Lipinski definition) is 3. The third kappa shape index (κ3) is 8.59. The van der Waals surface area contributed by atoms with Crippen molar-refractivity contribution in [1.29, 1.82) is 0 Å². The van der Waals surface area contributed by atoms with Crippen LogP contribution in [-0.2, 0) is 9.59 Å². The monoisotopic (exact) mass is 271 g/mol. The molecule has 3 N–H and O–H groups in total. The first-order valence-corrected chi connectivity index (χ1v) is 6.94. The number of nitrogens with one attached hydrogen (secondary N) is 3. The van der Waals surface area contributed by atoms with E-state index in [1.807, 2.05) is 41.5 Å². The maximum Gasteiger partial charge on any atom is 0.233 e. The lowest BCUT2D eigenvalue weighted by atomic mass is 9.86. The standard InChI is InChI=1S/C14H29N3O2/c1-7-11(18)17-14(5,6)10-13(3,4)16-9-12(19)15-8-2/h16H,7-10H2,1-6H3,(H,15,19)(H,17,18). The van der Waals surface area contributed by atoms with Crippen LogP contribution >= 0.6 is 0 Å². The van der Waals surface area contributed by atoms with Crippen molar-refractivity contribution in [2.24, 2.45) is 0 Å². The Morgan fingerprint density at radius 3 is 2.00 bits per heavy atom. The van der Waals surface area contributed by atoms with Crippen LogP contribution in [0.5, 0.6) is 0 Å². The molecule has 0 aromatic heterocycles. The first kappa shape index (κ1) is 17.9. The van der Waals surface area contributed by atoms with Crippen molar-refractivity contribution in [3.05, 3.63) is 0 Å². The van der Waals surface area contributed by atoms with Gasteiger partial charge in [0, 0.05) is 24.0 Å². The van der Waals surface area contributed by atoms with Gasteiger partial charge in [-0.2, -0.15) is 0 Å². The average Bonchev–Trinajstić information content (AvgIpc) is 2.24. The highest BCUT2D eigenvalue weighted by Crippen LogP contribution is 2.19. The molecule has 0 radical (unpaired) electrons. The van der Waals surface area contributed by atoms with Gasteiger partial charge in [-0.1, -0.05) is 6.92 Å². The normalized spacial score (nSPS) is 12.1.